The van der Waals surface area contributed by atoms with Crippen LogP contribution in [0.3, 0.4) is 0 Å². The Hall–Kier alpha value is -2.96. The lowest BCUT2D eigenvalue weighted by Crippen LogP contribution is -2.33. The molecule has 1 aliphatic rings. The number of anilines is 2. The molecule has 130 valence electrons. The third-order valence-corrected chi connectivity index (χ3v) is 4.08. The van der Waals surface area contributed by atoms with E-state index in [9.17, 15) is 14.0 Å². The molecule has 2 aromatic rings. The zero-order valence-corrected chi connectivity index (χ0v) is 14.1. The van der Waals surface area contributed by atoms with E-state index in [1.807, 2.05) is 0 Å². The van der Waals surface area contributed by atoms with Gasteiger partial charge in [-0.25, -0.2) is 9.37 Å². The van der Waals surface area contributed by atoms with Gasteiger partial charge in [0.25, 0.3) is 5.91 Å². The van der Waals surface area contributed by atoms with E-state index in [2.05, 4.69) is 10.3 Å². The van der Waals surface area contributed by atoms with Crippen LogP contribution in [0.15, 0.2) is 42.6 Å². The van der Waals surface area contributed by atoms with Gasteiger partial charge in [-0.3, -0.25) is 9.59 Å². The SMILES string of the molecule is CN(C)C(=O)c1ccc(NC2CCN(c3ccc(F)cc3)C2=O)nc1. The maximum absolute atomic E-state index is 13.0. The van der Waals surface area contributed by atoms with Crippen LogP contribution >= 0.6 is 0 Å². The van der Waals surface area contributed by atoms with Crippen LogP contribution in [-0.4, -0.2) is 48.4 Å². The summed E-state index contributed by atoms with van der Waals surface area (Å²) in [4.78, 5) is 31.7. The Bertz CT molecular complexity index is 775. The van der Waals surface area contributed by atoms with Crippen molar-refractivity contribution in [2.45, 2.75) is 12.5 Å². The fourth-order valence-electron chi connectivity index (χ4n) is 2.73. The van der Waals surface area contributed by atoms with Crippen LogP contribution in [0.5, 0.6) is 0 Å². The Kier molecular flexibility index (Phi) is 4.65. The molecular weight excluding hydrogens is 323 g/mol. The van der Waals surface area contributed by atoms with E-state index in [1.54, 1.807) is 43.3 Å². The van der Waals surface area contributed by atoms with Gasteiger partial charge in [0.2, 0.25) is 5.91 Å². The van der Waals surface area contributed by atoms with Crippen molar-refractivity contribution in [2.24, 2.45) is 0 Å². The van der Waals surface area contributed by atoms with Crippen LogP contribution in [0, 0.1) is 5.82 Å². The van der Waals surface area contributed by atoms with E-state index >= 15 is 0 Å². The molecular formula is C18H19FN4O2. The van der Waals surface area contributed by atoms with E-state index in [-0.39, 0.29) is 17.6 Å². The van der Waals surface area contributed by atoms with Gasteiger partial charge in [0, 0.05) is 32.5 Å². The molecule has 0 radical (unpaired) electrons. The third kappa shape index (κ3) is 3.60. The fourth-order valence-corrected chi connectivity index (χ4v) is 2.73. The van der Waals surface area contributed by atoms with E-state index in [4.69, 9.17) is 0 Å². The summed E-state index contributed by atoms with van der Waals surface area (Å²) in [6, 6.07) is 8.83. The zero-order chi connectivity index (χ0) is 18.0. The van der Waals surface area contributed by atoms with Crippen molar-refractivity contribution in [1.29, 1.82) is 0 Å². The smallest absolute Gasteiger partial charge is 0.254 e. The first-order valence-corrected chi connectivity index (χ1v) is 7.97. The minimum atomic E-state index is -0.395. The number of carbonyl (C=O) groups is 2. The molecule has 0 spiro atoms. The van der Waals surface area contributed by atoms with Crippen LogP contribution < -0.4 is 10.2 Å². The summed E-state index contributed by atoms with van der Waals surface area (Å²) in [5.74, 6) is -0.00317. The van der Waals surface area contributed by atoms with Crippen LogP contribution in [0.25, 0.3) is 0 Å². The fraction of sp³-hybridized carbons (Fsp3) is 0.278. The molecule has 1 fully saturated rings. The van der Waals surface area contributed by atoms with Gasteiger partial charge < -0.3 is 15.1 Å². The van der Waals surface area contributed by atoms with Gasteiger partial charge in [0.1, 0.15) is 17.7 Å². The molecule has 2 heterocycles. The monoisotopic (exact) mass is 342 g/mol. The summed E-state index contributed by atoms with van der Waals surface area (Å²) in [6.07, 6.45) is 2.11. The lowest BCUT2D eigenvalue weighted by Gasteiger charge is -2.17. The number of halogens is 1. The van der Waals surface area contributed by atoms with Crippen LogP contribution in [0.1, 0.15) is 16.8 Å². The Labute approximate surface area is 145 Å². The Morgan fingerprint density at radius 3 is 2.56 bits per heavy atom. The van der Waals surface area contributed by atoms with E-state index < -0.39 is 6.04 Å². The molecule has 1 aromatic carbocycles. The number of aromatic nitrogens is 1. The highest BCUT2D eigenvalue weighted by Crippen LogP contribution is 2.23. The van der Waals surface area contributed by atoms with E-state index in [0.717, 1.165) is 0 Å². The van der Waals surface area contributed by atoms with E-state index in [0.29, 0.717) is 30.0 Å². The highest BCUT2D eigenvalue weighted by molar-refractivity contribution is 6.01. The first-order valence-electron chi connectivity index (χ1n) is 7.97. The van der Waals surface area contributed by atoms with Gasteiger partial charge in [-0.15, -0.1) is 0 Å². The number of hydrogen-bond donors (Lipinski definition) is 1. The number of nitrogens with one attached hydrogen (secondary N) is 1. The molecule has 0 saturated carbocycles. The second-order valence-electron chi connectivity index (χ2n) is 6.08. The van der Waals surface area contributed by atoms with Crippen LogP contribution in [0.2, 0.25) is 0 Å². The summed E-state index contributed by atoms with van der Waals surface area (Å²) in [5.41, 5.74) is 1.16. The van der Waals surface area contributed by atoms with Gasteiger partial charge in [0.15, 0.2) is 0 Å². The summed E-state index contributed by atoms with van der Waals surface area (Å²) in [7, 11) is 3.35. The number of carbonyl (C=O) groups excluding carboxylic acids is 2. The Morgan fingerprint density at radius 1 is 1.24 bits per heavy atom. The highest BCUT2D eigenvalue weighted by atomic mass is 19.1. The van der Waals surface area contributed by atoms with Crippen molar-refractivity contribution >= 4 is 23.3 Å². The number of hydrogen-bond acceptors (Lipinski definition) is 4. The molecule has 1 N–H and O–H groups in total. The largest absolute Gasteiger partial charge is 0.358 e. The second kappa shape index (κ2) is 6.88. The molecule has 2 amide bonds. The highest BCUT2D eigenvalue weighted by Gasteiger charge is 2.32. The molecule has 1 atom stereocenters. The van der Waals surface area contributed by atoms with Gasteiger partial charge in [-0.2, -0.15) is 0 Å². The molecule has 0 bridgehead atoms. The lowest BCUT2D eigenvalue weighted by molar-refractivity contribution is -0.117. The van der Waals surface area contributed by atoms with Gasteiger partial charge in [-0.1, -0.05) is 0 Å². The molecule has 1 saturated heterocycles. The van der Waals surface area contributed by atoms with E-state index in [1.165, 1.54) is 23.2 Å². The quantitative estimate of drug-likeness (QED) is 0.925. The topological polar surface area (TPSA) is 65.5 Å². The van der Waals surface area contributed by atoms with Crippen LogP contribution in [-0.2, 0) is 4.79 Å². The number of rotatable bonds is 4. The van der Waals surface area contributed by atoms with Crippen molar-refractivity contribution in [3.63, 3.8) is 0 Å². The Balaban J connectivity index is 1.67. The number of amides is 2. The maximum Gasteiger partial charge on any atom is 0.254 e. The van der Waals surface area contributed by atoms with Crippen LogP contribution in [0.4, 0.5) is 15.9 Å². The minimum absolute atomic E-state index is 0.0816. The molecule has 25 heavy (non-hydrogen) atoms. The predicted molar refractivity (Wildman–Crippen MR) is 93.0 cm³/mol. The van der Waals surface area contributed by atoms with Gasteiger partial charge in [0.05, 0.1) is 5.56 Å². The normalized spacial score (nSPS) is 16.8. The molecule has 0 aliphatic carbocycles. The predicted octanol–water partition coefficient (Wildman–Crippen LogP) is 2.14. The number of benzene rings is 1. The average molecular weight is 342 g/mol. The minimum Gasteiger partial charge on any atom is -0.358 e. The van der Waals surface area contributed by atoms with Gasteiger partial charge >= 0.3 is 0 Å². The van der Waals surface area contributed by atoms with Crippen molar-refractivity contribution in [3.8, 4) is 0 Å². The average Bonchev–Trinajstić information content (AvgIpc) is 2.96. The maximum atomic E-state index is 13.0. The molecule has 3 rings (SSSR count). The summed E-state index contributed by atoms with van der Waals surface area (Å²) in [5, 5.41) is 3.10. The molecule has 1 aliphatic heterocycles. The number of pyridine rings is 1. The molecule has 7 heteroatoms. The van der Waals surface area contributed by atoms with Crippen molar-refractivity contribution < 1.29 is 14.0 Å². The van der Waals surface area contributed by atoms with Crippen molar-refractivity contribution in [1.82, 2.24) is 9.88 Å². The zero-order valence-electron chi connectivity index (χ0n) is 14.1. The summed E-state index contributed by atoms with van der Waals surface area (Å²) in [6.45, 7) is 0.555. The standard InChI is InChI=1S/C18H19FN4O2/c1-22(2)17(24)12-3-8-16(20-11-12)21-15-9-10-23(18(15)25)14-6-4-13(19)5-7-14/h3-8,11,15H,9-10H2,1-2H3,(H,20,21). The summed E-state index contributed by atoms with van der Waals surface area (Å²) < 4.78 is 13.0. The molecule has 6 nitrogen and oxygen atoms in total. The summed E-state index contributed by atoms with van der Waals surface area (Å²) >= 11 is 0. The number of nitrogens with zero attached hydrogens (tertiary/aromatic N) is 3. The molecule has 1 aromatic heterocycles. The van der Waals surface area contributed by atoms with Crippen molar-refractivity contribution in [2.75, 3.05) is 30.9 Å². The van der Waals surface area contributed by atoms with Crippen molar-refractivity contribution in [3.05, 3.63) is 54.0 Å². The third-order valence-electron chi connectivity index (χ3n) is 4.08. The first kappa shape index (κ1) is 16.9. The lowest BCUT2D eigenvalue weighted by atomic mass is 10.2. The first-order chi connectivity index (χ1) is 12.0. The second-order valence-corrected chi connectivity index (χ2v) is 6.08. The molecule has 1 unspecified atom stereocenters. The van der Waals surface area contributed by atoms with Gasteiger partial charge in [-0.05, 0) is 42.8 Å². The Morgan fingerprint density at radius 2 is 1.96 bits per heavy atom.